The fourth-order valence-corrected chi connectivity index (χ4v) is 3.47. The Balaban J connectivity index is 1.64. The number of rotatable bonds is 8. The van der Waals surface area contributed by atoms with Crippen molar-refractivity contribution in [3.8, 4) is 17.2 Å². The molecule has 1 N–H and O–H groups in total. The molecule has 1 aromatic heterocycles. The highest BCUT2D eigenvalue weighted by Crippen LogP contribution is 2.29. The second-order valence-corrected chi connectivity index (χ2v) is 8.11. The number of thioether (sulfide) groups is 1. The second kappa shape index (κ2) is 9.60. The molecule has 7 heteroatoms. The summed E-state index contributed by atoms with van der Waals surface area (Å²) in [4.78, 5) is 12.6. The van der Waals surface area contributed by atoms with Crippen LogP contribution in [0.2, 0.25) is 0 Å². The van der Waals surface area contributed by atoms with Gasteiger partial charge in [-0.3, -0.25) is 4.79 Å². The monoisotopic (exact) mass is 411 g/mol. The normalized spacial score (nSPS) is 12.0. The van der Waals surface area contributed by atoms with Crippen LogP contribution in [0.1, 0.15) is 39.2 Å². The molecule has 0 spiro atoms. The van der Waals surface area contributed by atoms with Gasteiger partial charge in [-0.05, 0) is 55.7 Å². The molecule has 1 amide bonds. The standard InChI is InChI=1S/C22H25N3O3S/c1-5-27-17-12-10-16(11-13-17)21-24-25-22(28-21)29-15(4)20(26)23-19-9-7-6-8-18(19)14(2)3/h6-15H,5H2,1-4H3,(H,23,26)/t15-/m1/s1. The van der Waals surface area contributed by atoms with E-state index in [0.717, 1.165) is 22.6 Å². The van der Waals surface area contributed by atoms with Gasteiger partial charge < -0.3 is 14.5 Å². The van der Waals surface area contributed by atoms with Crippen LogP contribution in [0.15, 0.2) is 58.2 Å². The van der Waals surface area contributed by atoms with Crippen molar-refractivity contribution in [2.45, 2.75) is 44.1 Å². The van der Waals surface area contributed by atoms with Crippen LogP contribution in [0.3, 0.4) is 0 Å². The minimum Gasteiger partial charge on any atom is -0.494 e. The molecule has 0 fully saturated rings. The molecule has 152 valence electrons. The smallest absolute Gasteiger partial charge is 0.277 e. The van der Waals surface area contributed by atoms with E-state index in [1.54, 1.807) is 0 Å². The number of hydrogen-bond donors (Lipinski definition) is 1. The van der Waals surface area contributed by atoms with Gasteiger partial charge in [0.25, 0.3) is 5.22 Å². The zero-order valence-electron chi connectivity index (χ0n) is 17.0. The van der Waals surface area contributed by atoms with Gasteiger partial charge in [0.05, 0.1) is 11.9 Å². The van der Waals surface area contributed by atoms with E-state index in [0.29, 0.717) is 23.6 Å². The Morgan fingerprint density at radius 1 is 1.10 bits per heavy atom. The van der Waals surface area contributed by atoms with Gasteiger partial charge in [-0.15, -0.1) is 10.2 Å². The molecular weight excluding hydrogens is 386 g/mol. The van der Waals surface area contributed by atoms with Crippen LogP contribution < -0.4 is 10.1 Å². The largest absolute Gasteiger partial charge is 0.494 e. The molecule has 0 bridgehead atoms. The topological polar surface area (TPSA) is 77.2 Å². The Labute approximate surface area is 175 Å². The molecule has 2 aromatic carbocycles. The van der Waals surface area contributed by atoms with E-state index in [9.17, 15) is 4.79 Å². The highest BCUT2D eigenvalue weighted by molar-refractivity contribution is 8.00. The molecule has 0 saturated heterocycles. The number of hydrogen-bond acceptors (Lipinski definition) is 6. The summed E-state index contributed by atoms with van der Waals surface area (Å²) >= 11 is 1.23. The summed E-state index contributed by atoms with van der Waals surface area (Å²) in [6, 6.07) is 15.3. The van der Waals surface area contributed by atoms with Crippen LogP contribution in [0.4, 0.5) is 5.69 Å². The van der Waals surface area contributed by atoms with Gasteiger partial charge in [-0.1, -0.05) is 43.8 Å². The van der Waals surface area contributed by atoms with Gasteiger partial charge in [-0.25, -0.2) is 0 Å². The fourth-order valence-electron chi connectivity index (χ4n) is 2.79. The SMILES string of the molecule is CCOc1ccc(-c2nnc(S[C@H](C)C(=O)Nc3ccccc3C(C)C)o2)cc1. The van der Waals surface area contributed by atoms with Gasteiger partial charge >= 0.3 is 0 Å². The average molecular weight is 412 g/mol. The molecule has 0 radical (unpaired) electrons. The van der Waals surface area contributed by atoms with Crippen LogP contribution in [-0.4, -0.2) is 28.0 Å². The lowest BCUT2D eigenvalue weighted by Gasteiger charge is -2.15. The average Bonchev–Trinajstić information content (AvgIpc) is 3.17. The molecule has 0 saturated carbocycles. The molecule has 0 aliphatic carbocycles. The summed E-state index contributed by atoms with van der Waals surface area (Å²) in [5, 5.41) is 11.1. The summed E-state index contributed by atoms with van der Waals surface area (Å²) in [5.41, 5.74) is 2.74. The number of nitrogens with zero attached hydrogens (tertiary/aromatic N) is 2. The van der Waals surface area contributed by atoms with Crippen molar-refractivity contribution < 1.29 is 13.9 Å². The number of carbonyl (C=O) groups is 1. The highest BCUT2D eigenvalue weighted by atomic mass is 32.2. The second-order valence-electron chi connectivity index (χ2n) is 6.82. The Hall–Kier alpha value is -2.80. The Kier molecular flexibility index (Phi) is 6.93. The first-order chi connectivity index (χ1) is 14.0. The van der Waals surface area contributed by atoms with Gasteiger partial charge in [0.1, 0.15) is 5.75 Å². The van der Waals surface area contributed by atoms with E-state index in [1.807, 2.05) is 62.4 Å². The summed E-state index contributed by atoms with van der Waals surface area (Å²) in [6.45, 7) is 8.57. The van der Waals surface area contributed by atoms with Crippen molar-refractivity contribution in [2.75, 3.05) is 11.9 Å². The molecule has 3 rings (SSSR count). The molecule has 0 aliphatic rings. The van der Waals surface area contributed by atoms with Gasteiger partial charge in [0, 0.05) is 11.3 Å². The Morgan fingerprint density at radius 2 is 1.83 bits per heavy atom. The van der Waals surface area contributed by atoms with E-state index in [1.165, 1.54) is 11.8 Å². The lowest BCUT2D eigenvalue weighted by molar-refractivity contribution is -0.115. The Bertz CT molecular complexity index is 954. The molecule has 0 unspecified atom stereocenters. The van der Waals surface area contributed by atoms with Crippen molar-refractivity contribution in [2.24, 2.45) is 0 Å². The molecule has 6 nitrogen and oxygen atoms in total. The number of aromatic nitrogens is 2. The van der Waals surface area contributed by atoms with E-state index in [4.69, 9.17) is 9.15 Å². The molecule has 1 heterocycles. The predicted molar refractivity (Wildman–Crippen MR) is 115 cm³/mol. The molecule has 0 aliphatic heterocycles. The number of anilines is 1. The van der Waals surface area contributed by atoms with Crippen LogP contribution in [0, 0.1) is 0 Å². The van der Waals surface area contributed by atoms with Crippen molar-refractivity contribution in [3.05, 3.63) is 54.1 Å². The van der Waals surface area contributed by atoms with E-state index >= 15 is 0 Å². The zero-order chi connectivity index (χ0) is 20.8. The fraction of sp³-hybridized carbons (Fsp3) is 0.318. The number of nitrogens with one attached hydrogen (secondary N) is 1. The van der Waals surface area contributed by atoms with Crippen LogP contribution in [-0.2, 0) is 4.79 Å². The maximum atomic E-state index is 12.6. The maximum absolute atomic E-state index is 12.6. The Morgan fingerprint density at radius 3 is 2.52 bits per heavy atom. The van der Waals surface area contributed by atoms with E-state index < -0.39 is 0 Å². The van der Waals surface area contributed by atoms with E-state index in [-0.39, 0.29) is 11.2 Å². The number of benzene rings is 2. The van der Waals surface area contributed by atoms with Crippen LogP contribution in [0.5, 0.6) is 5.75 Å². The quantitative estimate of drug-likeness (QED) is 0.502. The van der Waals surface area contributed by atoms with Gasteiger partial charge in [-0.2, -0.15) is 0 Å². The number of ether oxygens (including phenoxy) is 1. The summed E-state index contributed by atoms with van der Waals surface area (Å²) in [5.74, 6) is 1.41. The zero-order valence-corrected chi connectivity index (χ0v) is 17.8. The summed E-state index contributed by atoms with van der Waals surface area (Å²) in [7, 11) is 0. The molecule has 3 aromatic rings. The van der Waals surface area contributed by atoms with Gasteiger partial charge in [0.2, 0.25) is 11.8 Å². The highest BCUT2D eigenvalue weighted by Gasteiger charge is 2.20. The first kappa shape index (κ1) is 20.9. The third kappa shape index (κ3) is 5.38. The minimum absolute atomic E-state index is 0.107. The van der Waals surface area contributed by atoms with Crippen molar-refractivity contribution in [3.63, 3.8) is 0 Å². The summed E-state index contributed by atoms with van der Waals surface area (Å²) in [6.07, 6.45) is 0. The summed E-state index contributed by atoms with van der Waals surface area (Å²) < 4.78 is 11.2. The van der Waals surface area contributed by atoms with Crippen molar-refractivity contribution >= 4 is 23.4 Å². The maximum Gasteiger partial charge on any atom is 0.277 e. The lowest BCUT2D eigenvalue weighted by atomic mass is 10.0. The minimum atomic E-state index is -0.385. The number of amides is 1. The van der Waals surface area contributed by atoms with Crippen LogP contribution in [0.25, 0.3) is 11.5 Å². The lowest BCUT2D eigenvalue weighted by Crippen LogP contribution is -2.23. The van der Waals surface area contributed by atoms with Crippen LogP contribution >= 0.6 is 11.8 Å². The third-order valence-electron chi connectivity index (χ3n) is 4.31. The van der Waals surface area contributed by atoms with Gasteiger partial charge in [0.15, 0.2) is 0 Å². The number of carbonyl (C=O) groups excluding carboxylic acids is 1. The first-order valence-corrected chi connectivity index (χ1v) is 10.5. The molecule has 1 atom stereocenters. The number of para-hydroxylation sites is 1. The van der Waals surface area contributed by atoms with E-state index in [2.05, 4.69) is 29.4 Å². The first-order valence-electron chi connectivity index (χ1n) is 9.61. The third-order valence-corrected chi connectivity index (χ3v) is 5.24. The predicted octanol–water partition coefficient (Wildman–Crippen LogP) is 5.38. The molecule has 29 heavy (non-hydrogen) atoms. The van der Waals surface area contributed by atoms with Crippen molar-refractivity contribution in [1.82, 2.24) is 10.2 Å². The molecular formula is C22H25N3O3S. The van der Waals surface area contributed by atoms with Crippen molar-refractivity contribution in [1.29, 1.82) is 0 Å².